The van der Waals surface area contributed by atoms with E-state index >= 15 is 0 Å². The Labute approximate surface area is 394 Å². The Morgan fingerprint density at radius 3 is 1.93 bits per heavy atom. The van der Waals surface area contributed by atoms with Crippen molar-refractivity contribution in [2.24, 2.45) is 0 Å². The van der Waals surface area contributed by atoms with Crippen molar-refractivity contribution in [3.63, 3.8) is 0 Å². The zero-order valence-corrected chi connectivity index (χ0v) is 40.2. The average molecular weight is 887 g/mol. The van der Waals surface area contributed by atoms with Gasteiger partial charge in [0, 0.05) is 92.8 Å². The second kappa shape index (κ2) is 13.2. The Balaban J connectivity index is 1.08. The van der Waals surface area contributed by atoms with Gasteiger partial charge in [-0.05, 0) is 124 Å². The number of thiophene rings is 1. The Bertz CT molecular complexity index is 4150. The molecule has 8 aromatic carbocycles. The minimum absolute atomic E-state index is 0.0658. The van der Waals surface area contributed by atoms with E-state index in [1.54, 1.807) is 0 Å². The van der Waals surface area contributed by atoms with Crippen LogP contribution in [0.15, 0.2) is 136 Å². The van der Waals surface area contributed by atoms with E-state index in [1.807, 2.05) is 11.3 Å². The maximum atomic E-state index is 6.61. The summed E-state index contributed by atoms with van der Waals surface area (Å²) >= 11 is 1.94. The van der Waals surface area contributed by atoms with Crippen molar-refractivity contribution in [3.8, 4) is 16.8 Å². The number of fused-ring (bicyclic) bond motifs is 15. The van der Waals surface area contributed by atoms with Gasteiger partial charge in [-0.1, -0.05) is 115 Å². The molecule has 1 aliphatic heterocycles. The van der Waals surface area contributed by atoms with Crippen molar-refractivity contribution in [2.45, 2.75) is 84.5 Å². The number of nitrogens with zero attached hydrogens (tertiary/aromatic N) is 1. The van der Waals surface area contributed by atoms with Gasteiger partial charge < -0.3 is 18.7 Å². The Morgan fingerprint density at radius 1 is 0.597 bits per heavy atom. The fourth-order valence-corrected chi connectivity index (χ4v) is 13.3. The summed E-state index contributed by atoms with van der Waals surface area (Å²) in [6.45, 7) is 18.9. The Hall–Kier alpha value is -6.76. The molecule has 0 bridgehead atoms. The molecule has 6 heteroatoms. The van der Waals surface area contributed by atoms with Crippen molar-refractivity contribution in [2.75, 3.05) is 5.32 Å². The number of furan rings is 2. The highest BCUT2D eigenvalue weighted by Gasteiger charge is 2.38. The number of aryl methyl sites for hydroxylation is 1. The standard InChI is InChI=1S/C61H51BN2O2S/c1-32-23-42(37-24-40-41-26-44-45(61(7,8)22-21-60(44,5)6)28-54(41)67-55(40)29-47(37)63-34-19-17-33(18-20-34)59(2,3)4)57-58-56(32)43-25-38-35-13-9-11-15-50(35)65-52(38)30-48(43)64(58)49-31-53-39(27-46(49)62-57)36-14-10-12-16-51(36)66-53/h9-20,23-31,62-63H,21-22H2,1-8H3. The molecule has 0 spiro atoms. The lowest BCUT2D eigenvalue weighted by Gasteiger charge is -2.41. The van der Waals surface area contributed by atoms with E-state index in [0.717, 1.165) is 73.7 Å². The van der Waals surface area contributed by atoms with E-state index in [0.29, 0.717) is 0 Å². The molecule has 12 aromatic rings. The van der Waals surface area contributed by atoms with Crippen LogP contribution in [0.1, 0.15) is 83.6 Å². The Kier molecular flexibility index (Phi) is 7.78. The van der Waals surface area contributed by atoms with Crippen LogP contribution in [0.2, 0.25) is 0 Å². The normalized spacial score (nSPS) is 15.4. The second-order valence-corrected chi connectivity index (χ2v) is 23.2. The average Bonchev–Trinajstić information content (AvgIpc) is 4.05. The molecule has 0 radical (unpaired) electrons. The van der Waals surface area contributed by atoms with Gasteiger partial charge in [0.25, 0.3) is 0 Å². The van der Waals surface area contributed by atoms with Crippen molar-refractivity contribution in [1.29, 1.82) is 0 Å². The van der Waals surface area contributed by atoms with Crippen LogP contribution >= 0.6 is 11.3 Å². The molecule has 1 aliphatic carbocycles. The first-order valence-corrected chi connectivity index (χ1v) is 24.8. The molecule has 5 heterocycles. The molecule has 4 aromatic heterocycles. The highest BCUT2D eigenvalue weighted by atomic mass is 32.1. The molecule has 4 nitrogen and oxygen atoms in total. The number of aromatic nitrogens is 1. The van der Waals surface area contributed by atoms with E-state index < -0.39 is 0 Å². The van der Waals surface area contributed by atoms with Crippen LogP contribution in [-0.2, 0) is 16.2 Å². The van der Waals surface area contributed by atoms with Gasteiger partial charge in [-0.2, -0.15) is 0 Å². The van der Waals surface area contributed by atoms with Gasteiger partial charge in [0.15, 0.2) is 7.28 Å². The van der Waals surface area contributed by atoms with Crippen LogP contribution in [0.4, 0.5) is 11.4 Å². The van der Waals surface area contributed by atoms with E-state index in [4.69, 9.17) is 8.83 Å². The Morgan fingerprint density at radius 2 is 1.22 bits per heavy atom. The lowest BCUT2D eigenvalue weighted by molar-refractivity contribution is 0.332. The summed E-state index contributed by atoms with van der Waals surface area (Å²) in [6.07, 6.45) is 2.39. The number of hydrogen-bond acceptors (Lipinski definition) is 4. The summed E-state index contributed by atoms with van der Waals surface area (Å²) in [7, 11) is 0.783. The highest BCUT2D eigenvalue weighted by molar-refractivity contribution is 7.25. The van der Waals surface area contributed by atoms with E-state index in [9.17, 15) is 0 Å². The predicted molar refractivity (Wildman–Crippen MR) is 289 cm³/mol. The van der Waals surface area contributed by atoms with Gasteiger partial charge in [0.1, 0.15) is 22.3 Å². The molecule has 14 rings (SSSR count). The minimum atomic E-state index is 0.0658. The van der Waals surface area contributed by atoms with Gasteiger partial charge in [-0.25, -0.2) is 0 Å². The summed E-state index contributed by atoms with van der Waals surface area (Å²) in [6, 6.07) is 47.9. The number of benzene rings is 8. The first-order valence-electron chi connectivity index (χ1n) is 24.0. The lowest BCUT2D eigenvalue weighted by atomic mass is 9.58. The van der Waals surface area contributed by atoms with Gasteiger partial charge in [0.05, 0.1) is 5.52 Å². The summed E-state index contributed by atoms with van der Waals surface area (Å²) in [5.41, 5.74) is 20.4. The molecule has 1 N–H and O–H groups in total. The number of para-hydroxylation sites is 2. The largest absolute Gasteiger partial charge is 0.456 e. The van der Waals surface area contributed by atoms with Crippen LogP contribution in [-0.4, -0.2) is 11.8 Å². The second-order valence-electron chi connectivity index (χ2n) is 22.1. The molecule has 67 heavy (non-hydrogen) atoms. The maximum absolute atomic E-state index is 6.61. The van der Waals surface area contributed by atoms with E-state index in [-0.39, 0.29) is 16.2 Å². The van der Waals surface area contributed by atoms with Crippen LogP contribution < -0.4 is 16.2 Å². The van der Waals surface area contributed by atoms with E-state index in [1.165, 1.54) is 93.6 Å². The smallest absolute Gasteiger partial charge is 0.198 e. The summed E-state index contributed by atoms with van der Waals surface area (Å²) < 4.78 is 18.4. The summed E-state index contributed by atoms with van der Waals surface area (Å²) in [5, 5.41) is 13.8. The minimum Gasteiger partial charge on any atom is -0.456 e. The van der Waals surface area contributed by atoms with Crippen LogP contribution in [0, 0.1) is 6.92 Å². The lowest BCUT2D eigenvalue weighted by Crippen LogP contribution is -2.37. The molecule has 0 amide bonds. The molecule has 0 atom stereocenters. The third-order valence-electron chi connectivity index (χ3n) is 15.9. The predicted octanol–water partition coefficient (Wildman–Crippen LogP) is 16.0. The number of anilines is 2. The topological polar surface area (TPSA) is 43.2 Å². The van der Waals surface area contributed by atoms with Gasteiger partial charge >= 0.3 is 0 Å². The molecule has 0 saturated carbocycles. The van der Waals surface area contributed by atoms with Gasteiger partial charge in [-0.3, -0.25) is 0 Å². The van der Waals surface area contributed by atoms with Crippen molar-refractivity contribution in [1.82, 2.24) is 4.57 Å². The number of hydrogen-bond donors (Lipinski definition) is 1. The molecular formula is C61H51BN2O2S. The molecule has 0 fully saturated rings. The molecule has 2 aliphatic rings. The summed E-state index contributed by atoms with van der Waals surface area (Å²) in [5.74, 6) is 0. The molecule has 326 valence electrons. The third kappa shape index (κ3) is 5.60. The molecule has 0 saturated heterocycles. The molecule has 0 unspecified atom stereocenters. The first kappa shape index (κ1) is 39.4. The quantitative estimate of drug-likeness (QED) is 0.180. The van der Waals surface area contributed by atoms with Crippen molar-refractivity contribution >= 4 is 127 Å². The zero-order chi connectivity index (χ0) is 45.5. The fraction of sp³-hybridized carbons (Fsp3) is 0.213. The first-order chi connectivity index (χ1) is 32.2. The van der Waals surface area contributed by atoms with Crippen LogP contribution in [0.25, 0.3) is 103 Å². The van der Waals surface area contributed by atoms with Crippen molar-refractivity contribution in [3.05, 3.63) is 150 Å². The maximum Gasteiger partial charge on any atom is 0.198 e. The van der Waals surface area contributed by atoms with Gasteiger partial charge in [0.2, 0.25) is 0 Å². The zero-order valence-electron chi connectivity index (χ0n) is 39.4. The third-order valence-corrected chi connectivity index (χ3v) is 17.0. The summed E-state index contributed by atoms with van der Waals surface area (Å²) in [4.78, 5) is 0. The van der Waals surface area contributed by atoms with Crippen molar-refractivity contribution < 1.29 is 8.83 Å². The van der Waals surface area contributed by atoms with E-state index in [2.05, 4.69) is 193 Å². The molecular weight excluding hydrogens is 836 g/mol. The fourth-order valence-electron chi connectivity index (χ4n) is 12.1. The SMILES string of the molecule is Cc1cc(-c2cc3c(cc2Nc2ccc(C(C)(C)C)cc2)sc2cc4c(cc23)C(C)(C)CCC4(C)C)c2c3c1c1cc4c(cc1n3-c1cc3oc5ccccc5c3cc1B2)oc1ccccc14. The highest BCUT2D eigenvalue weighted by Crippen LogP contribution is 2.51. The monoisotopic (exact) mass is 886 g/mol. The van der Waals surface area contributed by atoms with Crippen LogP contribution in [0.3, 0.4) is 0 Å². The number of nitrogens with one attached hydrogen (secondary N) is 1. The number of rotatable bonds is 3. The van der Waals surface area contributed by atoms with Gasteiger partial charge in [-0.15, -0.1) is 11.3 Å². The van der Waals surface area contributed by atoms with Crippen LogP contribution in [0.5, 0.6) is 0 Å².